The Morgan fingerprint density at radius 3 is 2.60 bits per heavy atom. The lowest BCUT2D eigenvalue weighted by Crippen LogP contribution is -2.18. The van der Waals surface area contributed by atoms with E-state index in [1.54, 1.807) is 0 Å². The van der Waals surface area contributed by atoms with E-state index in [0.29, 0.717) is 12.5 Å². The van der Waals surface area contributed by atoms with E-state index >= 15 is 0 Å². The third-order valence-corrected chi connectivity index (χ3v) is 1.62. The molecule has 0 bridgehead atoms. The highest BCUT2D eigenvalue weighted by Gasteiger charge is 2.03. The average molecular weight is 206 g/mol. The molecule has 80 valence electrons. The molecule has 0 unspecified atom stereocenters. The molecular formula is C11H14N2O2. The Labute approximate surface area is 88.9 Å². The first kappa shape index (κ1) is 11.2. The van der Waals surface area contributed by atoms with Gasteiger partial charge >= 0.3 is 0 Å². The highest BCUT2D eigenvalue weighted by molar-refractivity contribution is 5.94. The van der Waals surface area contributed by atoms with Gasteiger partial charge < -0.3 is 4.74 Å². The van der Waals surface area contributed by atoms with Crippen molar-refractivity contribution < 1.29 is 9.53 Å². The van der Waals surface area contributed by atoms with Crippen LogP contribution in [0, 0.1) is 0 Å². The molecule has 0 aliphatic rings. The number of hydrogen-bond acceptors (Lipinski definition) is 3. The molecular weight excluding hydrogens is 192 g/mol. The molecule has 0 saturated heterocycles. The van der Waals surface area contributed by atoms with Gasteiger partial charge in [-0.15, -0.1) is 5.10 Å². The molecule has 15 heavy (non-hydrogen) atoms. The number of benzene rings is 1. The Balaban J connectivity index is 2.83. The van der Waals surface area contributed by atoms with Gasteiger partial charge in [0.2, 0.25) is 11.8 Å². The van der Waals surface area contributed by atoms with Crippen molar-refractivity contribution in [3.63, 3.8) is 0 Å². The molecule has 0 radical (unpaired) electrons. The quantitative estimate of drug-likeness (QED) is 0.463. The summed E-state index contributed by atoms with van der Waals surface area (Å²) in [5, 5.41) is 3.88. The number of rotatable bonds is 3. The molecule has 1 amide bonds. The van der Waals surface area contributed by atoms with Gasteiger partial charge in [0.15, 0.2) is 0 Å². The molecule has 0 aliphatic heterocycles. The molecule has 0 aliphatic carbocycles. The largest absolute Gasteiger partial charge is 0.477 e. The van der Waals surface area contributed by atoms with Crippen LogP contribution < -0.4 is 5.43 Å². The number of carbonyl (C=O) groups excluding carboxylic acids is 1. The van der Waals surface area contributed by atoms with Crippen LogP contribution >= 0.6 is 0 Å². The lowest BCUT2D eigenvalue weighted by Gasteiger charge is -2.06. The Morgan fingerprint density at radius 2 is 2.07 bits per heavy atom. The third-order valence-electron chi connectivity index (χ3n) is 1.62. The maximum atomic E-state index is 10.7. The van der Waals surface area contributed by atoms with E-state index in [9.17, 15) is 4.79 Å². The predicted octanol–water partition coefficient (Wildman–Crippen LogP) is 1.52. The summed E-state index contributed by atoms with van der Waals surface area (Å²) in [6.07, 6.45) is 0. The van der Waals surface area contributed by atoms with Gasteiger partial charge in [-0.05, 0) is 19.1 Å². The summed E-state index contributed by atoms with van der Waals surface area (Å²) >= 11 is 0. The van der Waals surface area contributed by atoms with Gasteiger partial charge in [0.1, 0.15) is 0 Å². The smallest absolute Gasteiger partial charge is 0.238 e. The van der Waals surface area contributed by atoms with Crippen LogP contribution in [0.5, 0.6) is 0 Å². The van der Waals surface area contributed by atoms with Gasteiger partial charge in [-0.1, -0.05) is 18.2 Å². The Bertz CT molecular complexity index is 347. The van der Waals surface area contributed by atoms with Crippen LogP contribution in [0.15, 0.2) is 35.4 Å². The summed E-state index contributed by atoms with van der Waals surface area (Å²) in [5.74, 6) is 0.205. The van der Waals surface area contributed by atoms with Gasteiger partial charge in [-0.2, -0.15) is 0 Å². The van der Waals surface area contributed by atoms with E-state index in [4.69, 9.17) is 4.74 Å². The highest BCUT2D eigenvalue weighted by Crippen LogP contribution is 2.01. The van der Waals surface area contributed by atoms with Crippen LogP contribution in [0.2, 0.25) is 0 Å². The summed E-state index contributed by atoms with van der Waals surface area (Å²) in [6.45, 7) is 3.78. The molecule has 0 atom stereocenters. The van der Waals surface area contributed by atoms with Gasteiger partial charge in [0.05, 0.1) is 6.61 Å². The minimum atomic E-state index is -0.219. The fourth-order valence-electron chi connectivity index (χ4n) is 1.03. The van der Waals surface area contributed by atoms with Crippen molar-refractivity contribution in [1.82, 2.24) is 5.43 Å². The van der Waals surface area contributed by atoms with Crippen LogP contribution in [0.4, 0.5) is 0 Å². The van der Waals surface area contributed by atoms with Crippen molar-refractivity contribution in [2.24, 2.45) is 5.10 Å². The van der Waals surface area contributed by atoms with E-state index in [-0.39, 0.29) is 5.91 Å². The number of ether oxygens (including phenoxy) is 1. The molecule has 0 spiro atoms. The zero-order chi connectivity index (χ0) is 11.1. The SMILES string of the molecule is CCO/C(=N\NC(C)=O)c1ccccc1. The van der Waals surface area contributed by atoms with Gasteiger partial charge in [0, 0.05) is 12.5 Å². The number of nitrogens with one attached hydrogen (secondary N) is 1. The molecule has 1 aromatic carbocycles. The molecule has 1 rings (SSSR count). The van der Waals surface area contributed by atoms with Crippen molar-refractivity contribution in [1.29, 1.82) is 0 Å². The lowest BCUT2D eigenvalue weighted by molar-refractivity contribution is -0.118. The second kappa shape index (κ2) is 5.80. The molecule has 4 nitrogen and oxygen atoms in total. The minimum Gasteiger partial charge on any atom is -0.477 e. The van der Waals surface area contributed by atoms with Crippen molar-refractivity contribution in [3.05, 3.63) is 35.9 Å². The normalized spacial score (nSPS) is 10.9. The van der Waals surface area contributed by atoms with Gasteiger partial charge in [-0.25, -0.2) is 5.43 Å². The molecule has 0 aromatic heterocycles. The van der Waals surface area contributed by atoms with E-state index in [1.165, 1.54) is 6.92 Å². The average Bonchev–Trinajstić information content (AvgIpc) is 2.25. The first-order chi connectivity index (χ1) is 7.24. The van der Waals surface area contributed by atoms with Gasteiger partial charge in [0.25, 0.3) is 0 Å². The Hall–Kier alpha value is -1.84. The van der Waals surface area contributed by atoms with Crippen molar-refractivity contribution in [2.45, 2.75) is 13.8 Å². The fraction of sp³-hybridized carbons (Fsp3) is 0.273. The maximum absolute atomic E-state index is 10.7. The van der Waals surface area contributed by atoms with Crippen LogP contribution in [-0.4, -0.2) is 18.4 Å². The first-order valence-electron chi connectivity index (χ1n) is 4.76. The third kappa shape index (κ3) is 3.81. The first-order valence-corrected chi connectivity index (χ1v) is 4.76. The van der Waals surface area contributed by atoms with Crippen molar-refractivity contribution in [3.8, 4) is 0 Å². The number of carbonyl (C=O) groups is 1. The topological polar surface area (TPSA) is 50.7 Å². The van der Waals surface area contributed by atoms with Crippen LogP contribution in [-0.2, 0) is 9.53 Å². The van der Waals surface area contributed by atoms with Gasteiger partial charge in [-0.3, -0.25) is 4.79 Å². The summed E-state index contributed by atoms with van der Waals surface area (Å²) in [6, 6.07) is 9.42. The van der Waals surface area contributed by atoms with Crippen LogP contribution in [0.1, 0.15) is 19.4 Å². The van der Waals surface area contributed by atoms with E-state index < -0.39 is 0 Å². The number of hydrogen-bond donors (Lipinski definition) is 1. The van der Waals surface area contributed by atoms with E-state index in [0.717, 1.165) is 5.56 Å². The summed E-state index contributed by atoms with van der Waals surface area (Å²) in [4.78, 5) is 10.7. The molecule has 0 fully saturated rings. The zero-order valence-corrected chi connectivity index (χ0v) is 8.86. The predicted molar refractivity (Wildman–Crippen MR) is 58.4 cm³/mol. The second-order valence-corrected chi connectivity index (χ2v) is 2.88. The number of hydrazone groups is 1. The van der Waals surface area contributed by atoms with Crippen molar-refractivity contribution in [2.75, 3.05) is 6.61 Å². The van der Waals surface area contributed by atoms with Crippen LogP contribution in [0.25, 0.3) is 0 Å². The summed E-state index contributed by atoms with van der Waals surface area (Å²) in [5.41, 5.74) is 3.19. The molecule has 4 heteroatoms. The molecule has 1 aromatic rings. The minimum absolute atomic E-state index is 0.219. The highest BCUT2D eigenvalue weighted by atomic mass is 16.5. The number of nitrogens with zero attached hydrogens (tertiary/aromatic N) is 1. The zero-order valence-electron chi connectivity index (χ0n) is 8.86. The Kier molecular flexibility index (Phi) is 4.34. The van der Waals surface area contributed by atoms with E-state index in [2.05, 4.69) is 10.5 Å². The van der Waals surface area contributed by atoms with Crippen LogP contribution in [0.3, 0.4) is 0 Å². The van der Waals surface area contributed by atoms with E-state index in [1.807, 2.05) is 37.3 Å². The fourth-order valence-corrected chi connectivity index (χ4v) is 1.03. The lowest BCUT2D eigenvalue weighted by atomic mass is 10.2. The second-order valence-electron chi connectivity index (χ2n) is 2.88. The molecule has 1 N–H and O–H groups in total. The molecule has 0 saturated carbocycles. The van der Waals surface area contributed by atoms with Crippen molar-refractivity contribution >= 4 is 11.8 Å². The summed E-state index contributed by atoms with van der Waals surface area (Å²) in [7, 11) is 0. The maximum Gasteiger partial charge on any atom is 0.238 e. The standard InChI is InChI=1S/C11H14N2O2/c1-3-15-11(13-12-9(2)14)10-7-5-4-6-8-10/h4-8H,3H2,1-2H3,(H,12,14)/b13-11-. The number of amides is 1. The summed E-state index contributed by atoms with van der Waals surface area (Å²) < 4.78 is 5.31. The monoisotopic (exact) mass is 206 g/mol. The molecule has 0 heterocycles. The Morgan fingerprint density at radius 1 is 1.40 bits per heavy atom.